The number of nitrogens with zero attached hydrogens (tertiary/aromatic N) is 1. The van der Waals surface area contributed by atoms with E-state index in [-0.39, 0.29) is 17.9 Å². The summed E-state index contributed by atoms with van der Waals surface area (Å²) in [5.74, 6) is 4.87. The summed E-state index contributed by atoms with van der Waals surface area (Å²) in [6.07, 6.45) is 2.86. The molecule has 2 atom stereocenters. The van der Waals surface area contributed by atoms with E-state index in [0.29, 0.717) is 24.1 Å². The molecular weight excluding hydrogens is 348 g/mol. The zero-order valence-electron chi connectivity index (χ0n) is 14.5. The second-order valence-corrected chi connectivity index (χ2v) is 6.81. The summed E-state index contributed by atoms with van der Waals surface area (Å²) in [6, 6.07) is 5.26. The third kappa shape index (κ3) is 3.62. The van der Waals surface area contributed by atoms with Crippen LogP contribution < -0.4 is 20.9 Å². The highest BCUT2D eigenvalue weighted by Gasteiger charge is 2.38. The predicted octanol–water partition coefficient (Wildman–Crippen LogP) is 0.0201. The first-order valence-corrected chi connectivity index (χ1v) is 8.86. The molecule has 8 heteroatoms. The summed E-state index contributed by atoms with van der Waals surface area (Å²) in [7, 11) is 0. The fraction of sp³-hybridized carbons (Fsp3) is 0.368. The summed E-state index contributed by atoms with van der Waals surface area (Å²) in [6.45, 7) is 0. The first kappa shape index (κ1) is 17.1. The molecule has 2 unspecified atom stereocenters. The van der Waals surface area contributed by atoms with E-state index in [4.69, 9.17) is 0 Å². The summed E-state index contributed by atoms with van der Waals surface area (Å²) in [4.78, 5) is 48.8. The zero-order chi connectivity index (χ0) is 19.0. The normalized spacial score (nSPS) is 24.1. The molecule has 27 heavy (non-hydrogen) atoms. The van der Waals surface area contributed by atoms with Crippen molar-refractivity contribution in [3.8, 4) is 11.8 Å². The number of rotatable bonds is 3. The van der Waals surface area contributed by atoms with Gasteiger partial charge in [0.25, 0.3) is 5.91 Å². The Balaban J connectivity index is 1.47. The standard InChI is InChI=1S/C19H18N4O4/c24-16-10-9-15(18(26)20-12-4-5-12)23(16)13-6-1-11(2-7-13)3-8-14-17(25)22-19(27)21-14/h1-2,6-7,12,14-15H,4-5,9-10H2,(H,20,26)(H2,21,22,25,27). The summed E-state index contributed by atoms with van der Waals surface area (Å²) in [5, 5.41) is 7.48. The van der Waals surface area contributed by atoms with Crippen molar-refractivity contribution in [3.05, 3.63) is 29.8 Å². The highest BCUT2D eigenvalue weighted by atomic mass is 16.2. The molecular formula is C19H18N4O4. The number of hydrogen-bond donors (Lipinski definition) is 3. The highest BCUT2D eigenvalue weighted by molar-refractivity contribution is 6.06. The Bertz CT molecular complexity index is 879. The van der Waals surface area contributed by atoms with Crippen LogP contribution in [0.25, 0.3) is 0 Å². The molecule has 3 aliphatic rings. The molecule has 1 aromatic carbocycles. The van der Waals surface area contributed by atoms with Crippen molar-refractivity contribution in [1.29, 1.82) is 0 Å². The van der Waals surface area contributed by atoms with Gasteiger partial charge >= 0.3 is 6.03 Å². The second kappa shape index (κ2) is 6.76. The third-order valence-electron chi connectivity index (χ3n) is 4.72. The monoisotopic (exact) mass is 366 g/mol. The van der Waals surface area contributed by atoms with E-state index in [9.17, 15) is 19.2 Å². The molecule has 1 aromatic rings. The molecule has 2 aliphatic heterocycles. The molecule has 1 aliphatic carbocycles. The van der Waals surface area contributed by atoms with Gasteiger partial charge in [-0.05, 0) is 43.5 Å². The van der Waals surface area contributed by atoms with E-state index < -0.39 is 24.0 Å². The van der Waals surface area contributed by atoms with Gasteiger partial charge in [-0.25, -0.2) is 4.79 Å². The highest BCUT2D eigenvalue weighted by Crippen LogP contribution is 2.28. The van der Waals surface area contributed by atoms with Gasteiger partial charge in [0.15, 0.2) is 6.04 Å². The molecule has 5 amide bonds. The average molecular weight is 366 g/mol. The third-order valence-corrected chi connectivity index (χ3v) is 4.72. The fourth-order valence-corrected chi connectivity index (χ4v) is 3.16. The number of benzene rings is 1. The van der Waals surface area contributed by atoms with Crippen LogP contribution in [0.1, 0.15) is 31.2 Å². The number of imide groups is 1. The molecule has 8 nitrogen and oxygen atoms in total. The lowest BCUT2D eigenvalue weighted by Gasteiger charge is -2.24. The quantitative estimate of drug-likeness (QED) is 0.518. The van der Waals surface area contributed by atoms with Crippen molar-refractivity contribution in [2.75, 3.05) is 4.90 Å². The minimum atomic E-state index is -0.868. The lowest BCUT2D eigenvalue weighted by Crippen LogP contribution is -2.45. The van der Waals surface area contributed by atoms with Crippen LogP contribution in [0.4, 0.5) is 10.5 Å². The van der Waals surface area contributed by atoms with Gasteiger partial charge in [-0.3, -0.25) is 24.6 Å². The smallest absolute Gasteiger partial charge is 0.322 e. The first-order chi connectivity index (χ1) is 13.0. The van der Waals surface area contributed by atoms with E-state index in [2.05, 4.69) is 27.8 Å². The largest absolute Gasteiger partial charge is 0.352 e. The number of carbonyl (C=O) groups is 4. The van der Waals surface area contributed by atoms with E-state index >= 15 is 0 Å². The summed E-state index contributed by atoms with van der Waals surface area (Å²) >= 11 is 0. The number of amides is 5. The molecule has 0 spiro atoms. The van der Waals surface area contributed by atoms with Gasteiger partial charge in [0.1, 0.15) is 6.04 Å². The Kier molecular flexibility index (Phi) is 4.28. The van der Waals surface area contributed by atoms with Crippen LogP contribution in [0.3, 0.4) is 0 Å². The maximum atomic E-state index is 12.4. The Morgan fingerprint density at radius 3 is 2.48 bits per heavy atom. The van der Waals surface area contributed by atoms with Crippen LogP contribution in [0.15, 0.2) is 24.3 Å². The van der Waals surface area contributed by atoms with Crippen LogP contribution in [0, 0.1) is 11.8 Å². The molecule has 2 heterocycles. The lowest BCUT2D eigenvalue weighted by molar-refractivity contribution is -0.124. The van der Waals surface area contributed by atoms with Crippen LogP contribution >= 0.6 is 0 Å². The van der Waals surface area contributed by atoms with E-state index in [0.717, 1.165) is 12.8 Å². The minimum absolute atomic E-state index is 0.0740. The van der Waals surface area contributed by atoms with Gasteiger partial charge in [0.2, 0.25) is 11.8 Å². The number of nitrogens with one attached hydrogen (secondary N) is 3. The topological polar surface area (TPSA) is 108 Å². The maximum Gasteiger partial charge on any atom is 0.322 e. The molecule has 4 rings (SSSR count). The van der Waals surface area contributed by atoms with E-state index in [1.165, 1.54) is 0 Å². The lowest BCUT2D eigenvalue weighted by atomic mass is 10.1. The molecule has 0 aromatic heterocycles. The second-order valence-electron chi connectivity index (χ2n) is 6.81. The Morgan fingerprint density at radius 1 is 1.11 bits per heavy atom. The number of carbonyl (C=O) groups excluding carboxylic acids is 4. The minimum Gasteiger partial charge on any atom is -0.352 e. The molecule has 1 saturated carbocycles. The van der Waals surface area contributed by atoms with Gasteiger partial charge in [0.05, 0.1) is 0 Å². The molecule has 3 fully saturated rings. The molecule has 3 N–H and O–H groups in total. The Hall–Kier alpha value is -3.34. The van der Waals surface area contributed by atoms with Crippen LogP contribution in [-0.2, 0) is 14.4 Å². The SMILES string of the molecule is O=C1NC(=O)C(C#Cc2ccc(N3C(=O)CCC3C(=O)NC3CC3)cc2)N1. The van der Waals surface area contributed by atoms with Crippen LogP contribution in [0.2, 0.25) is 0 Å². The van der Waals surface area contributed by atoms with Crippen molar-refractivity contribution in [2.24, 2.45) is 0 Å². The zero-order valence-corrected chi connectivity index (χ0v) is 14.5. The maximum absolute atomic E-state index is 12.4. The predicted molar refractivity (Wildman–Crippen MR) is 95.5 cm³/mol. The first-order valence-electron chi connectivity index (χ1n) is 8.86. The van der Waals surface area contributed by atoms with Gasteiger partial charge < -0.3 is 10.6 Å². The fourth-order valence-electron chi connectivity index (χ4n) is 3.16. The summed E-state index contributed by atoms with van der Waals surface area (Å²) < 4.78 is 0. The van der Waals surface area contributed by atoms with Gasteiger partial charge in [-0.2, -0.15) is 0 Å². The van der Waals surface area contributed by atoms with Crippen molar-refractivity contribution < 1.29 is 19.2 Å². The van der Waals surface area contributed by atoms with E-state index in [1.54, 1.807) is 29.2 Å². The number of anilines is 1. The Morgan fingerprint density at radius 2 is 1.85 bits per heavy atom. The van der Waals surface area contributed by atoms with Crippen LogP contribution in [0.5, 0.6) is 0 Å². The average Bonchev–Trinajstić information content (AvgIpc) is 3.28. The van der Waals surface area contributed by atoms with Crippen molar-refractivity contribution in [1.82, 2.24) is 16.0 Å². The molecule has 0 bridgehead atoms. The van der Waals surface area contributed by atoms with Crippen molar-refractivity contribution in [3.63, 3.8) is 0 Å². The Labute approximate surface area is 155 Å². The van der Waals surface area contributed by atoms with Gasteiger partial charge in [-0.15, -0.1) is 0 Å². The van der Waals surface area contributed by atoms with Gasteiger partial charge in [0, 0.05) is 23.7 Å². The van der Waals surface area contributed by atoms with Crippen molar-refractivity contribution in [2.45, 2.75) is 43.8 Å². The molecule has 0 radical (unpaired) electrons. The summed E-state index contributed by atoms with van der Waals surface area (Å²) in [5.41, 5.74) is 1.28. The van der Waals surface area contributed by atoms with E-state index in [1.807, 2.05) is 0 Å². The molecule has 2 saturated heterocycles. The number of urea groups is 1. The van der Waals surface area contributed by atoms with Crippen molar-refractivity contribution >= 4 is 29.4 Å². The molecule has 138 valence electrons. The van der Waals surface area contributed by atoms with Gasteiger partial charge in [-0.1, -0.05) is 11.8 Å². The van der Waals surface area contributed by atoms with Crippen LogP contribution in [-0.4, -0.2) is 41.9 Å². The number of hydrogen-bond acceptors (Lipinski definition) is 4.